The van der Waals surface area contributed by atoms with Crippen molar-refractivity contribution in [1.29, 1.82) is 0 Å². The number of rotatable bonds is 2. The van der Waals surface area contributed by atoms with E-state index in [0.29, 0.717) is 5.56 Å². The van der Waals surface area contributed by atoms with E-state index < -0.39 is 5.82 Å². The van der Waals surface area contributed by atoms with Crippen molar-refractivity contribution < 1.29 is 9.18 Å². The van der Waals surface area contributed by atoms with E-state index >= 15 is 0 Å². The third-order valence-electron chi connectivity index (χ3n) is 2.40. The SMILES string of the molecule is Nc1c(F)cccc1C(=O)c1ccc(Br)cc1. The van der Waals surface area contributed by atoms with Gasteiger partial charge in [-0.15, -0.1) is 0 Å². The fourth-order valence-corrected chi connectivity index (χ4v) is 1.76. The molecule has 0 radical (unpaired) electrons. The quantitative estimate of drug-likeness (QED) is 0.681. The van der Waals surface area contributed by atoms with Gasteiger partial charge in [-0.1, -0.05) is 22.0 Å². The van der Waals surface area contributed by atoms with E-state index in [2.05, 4.69) is 15.9 Å². The maximum Gasteiger partial charge on any atom is 0.195 e. The average molecular weight is 294 g/mol. The maximum atomic E-state index is 13.2. The van der Waals surface area contributed by atoms with E-state index in [1.54, 1.807) is 24.3 Å². The van der Waals surface area contributed by atoms with Crippen LogP contribution in [0.4, 0.5) is 10.1 Å². The standard InChI is InChI=1S/C13H9BrFNO/c14-9-6-4-8(5-7-9)13(17)10-2-1-3-11(15)12(10)16/h1-7H,16H2. The van der Waals surface area contributed by atoms with Crippen molar-refractivity contribution in [1.82, 2.24) is 0 Å². The second-order valence-electron chi connectivity index (χ2n) is 3.54. The predicted molar refractivity (Wildman–Crippen MR) is 68.4 cm³/mol. The number of nitrogens with two attached hydrogens (primary N) is 1. The Kier molecular flexibility index (Phi) is 3.24. The minimum Gasteiger partial charge on any atom is -0.396 e. The Morgan fingerprint density at radius 3 is 2.41 bits per heavy atom. The molecule has 0 saturated carbocycles. The number of anilines is 1. The number of nitrogen functional groups attached to an aromatic ring is 1. The second kappa shape index (κ2) is 4.67. The van der Waals surface area contributed by atoms with Crippen molar-refractivity contribution in [3.05, 3.63) is 63.9 Å². The molecule has 2 rings (SSSR count). The van der Waals surface area contributed by atoms with E-state index in [-0.39, 0.29) is 17.0 Å². The number of hydrogen-bond acceptors (Lipinski definition) is 2. The first-order chi connectivity index (χ1) is 8.09. The van der Waals surface area contributed by atoms with Gasteiger partial charge in [0.1, 0.15) is 5.82 Å². The van der Waals surface area contributed by atoms with E-state index in [9.17, 15) is 9.18 Å². The maximum absolute atomic E-state index is 13.2. The van der Waals surface area contributed by atoms with Gasteiger partial charge in [0.15, 0.2) is 5.78 Å². The lowest BCUT2D eigenvalue weighted by molar-refractivity contribution is 0.103. The molecule has 0 fully saturated rings. The Labute approximate surface area is 106 Å². The summed E-state index contributed by atoms with van der Waals surface area (Å²) in [5.74, 6) is -0.859. The first-order valence-corrected chi connectivity index (χ1v) is 5.73. The fourth-order valence-electron chi connectivity index (χ4n) is 1.49. The molecule has 4 heteroatoms. The van der Waals surface area contributed by atoms with Crippen LogP contribution in [0.25, 0.3) is 0 Å². The van der Waals surface area contributed by atoms with E-state index in [4.69, 9.17) is 5.73 Å². The van der Waals surface area contributed by atoms with Crippen LogP contribution in [0.1, 0.15) is 15.9 Å². The Hall–Kier alpha value is -1.68. The minimum absolute atomic E-state index is 0.111. The van der Waals surface area contributed by atoms with Gasteiger partial charge in [0, 0.05) is 15.6 Å². The molecule has 0 aliphatic carbocycles. The molecular weight excluding hydrogens is 285 g/mol. The van der Waals surface area contributed by atoms with Gasteiger partial charge in [-0.2, -0.15) is 0 Å². The van der Waals surface area contributed by atoms with Crippen molar-refractivity contribution in [3.8, 4) is 0 Å². The van der Waals surface area contributed by atoms with Crippen LogP contribution >= 0.6 is 15.9 Å². The monoisotopic (exact) mass is 293 g/mol. The molecule has 0 heterocycles. The van der Waals surface area contributed by atoms with E-state index in [1.165, 1.54) is 18.2 Å². The molecule has 0 atom stereocenters. The summed E-state index contributed by atoms with van der Waals surface area (Å²) in [6.07, 6.45) is 0. The number of halogens is 2. The average Bonchev–Trinajstić information content (AvgIpc) is 2.33. The zero-order valence-corrected chi connectivity index (χ0v) is 10.4. The van der Waals surface area contributed by atoms with Crippen LogP contribution in [0.3, 0.4) is 0 Å². The number of para-hydroxylation sites is 1. The van der Waals surface area contributed by atoms with Crippen molar-refractivity contribution >= 4 is 27.4 Å². The lowest BCUT2D eigenvalue weighted by Crippen LogP contribution is -2.06. The van der Waals surface area contributed by atoms with E-state index in [0.717, 1.165) is 4.47 Å². The second-order valence-corrected chi connectivity index (χ2v) is 4.45. The molecule has 2 aromatic rings. The molecule has 86 valence electrons. The van der Waals surface area contributed by atoms with Crippen LogP contribution in [-0.2, 0) is 0 Å². The summed E-state index contributed by atoms with van der Waals surface area (Å²) >= 11 is 3.28. The molecule has 0 saturated heterocycles. The third kappa shape index (κ3) is 2.36. The summed E-state index contributed by atoms with van der Waals surface area (Å²) in [4.78, 5) is 12.1. The molecule has 2 nitrogen and oxygen atoms in total. The Bertz CT molecular complexity index is 566. The Balaban J connectivity index is 2.44. The van der Waals surface area contributed by atoms with Gasteiger partial charge in [0.05, 0.1) is 5.69 Å². The summed E-state index contributed by atoms with van der Waals surface area (Å²) in [6.45, 7) is 0. The normalized spacial score (nSPS) is 10.2. The molecule has 0 amide bonds. The van der Waals surface area contributed by atoms with Crippen LogP contribution in [0.2, 0.25) is 0 Å². The number of ketones is 1. The molecule has 0 aliphatic rings. The Morgan fingerprint density at radius 1 is 1.12 bits per heavy atom. The molecule has 0 bridgehead atoms. The molecule has 0 spiro atoms. The molecular formula is C13H9BrFNO. The van der Waals surface area contributed by atoms with Gasteiger partial charge in [-0.05, 0) is 36.4 Å². The number of carbonyl (C=O) groups excluding carboxylic acids is 1. The topological polar surface area (TPSA) is 43.1 Å². The van der Waals surface area contributed by atoms with Gasteiger partial charge in [-0.25, -0.2) is 4.39 Å². The minimum atomic E-state index is -0.576. The number of hydrogen-bond donors (Lipinski definition) is 1. The van der Waals surface area contributed by atoms with Crippen LogP contribution in [0.5, 0.6) is 0 Å². The highest BCUT2D eigenvalue weighted by molar-refractivity contribution is 9.10. The van der Waals surface area contributed by atoms with Crippen molar-refractivity contribution in [3.63, 3.8) is 0 Å². The van der Waals surface area contributed by atoms with Crippen molar-refractivity contribution in [2.24, 2.45) is 0 Å². The van der Waals surface area contributed by atoms with Crippen molar-refractivity contribution in [2.45, 2.75) is 0 Å². The van der Waals surface area contributed by atoms with Gasteiger partial charge < -0.3 is 5.73 Å². The Morgan fingerprint density at radius 2 is 1.76 bits per heavy atom. The first kappa shape index (κ1) is 11.8. The lowest BCUT2D eigenvalue weighted by atomic mass is 10.0. The van der Waals surface area contributed by atoms with Crippen LogP contribution in [0, 0.1) is 5.82 Å². The van der Waals surface area contributed by atoms with Crippen molar-refractivity contribution in [2.75, 3.05) is 5.73 Å². The highest BCUT2D eigenvalue weighted by Crippen LogP contribution is 2.20. The zero-order chi connectivity index (χ0) is 12.4. The largest absolute Gasteiger partial charge is 0.396 e. The predicted octanol–water partition coefficient (Wildman–Crippen LogP) is 3.40. The molecule has 17 heavy (non-hydrogen) atoms. The molecule has 0 aromatic heterocycles. The third-order valence-corrected chi connectivity index (χ3v) is 2.93. The number of benzene rings is 2. The van der Waals surface area contributed by atoms with Gasteiger partial charge in [0.25, 0.3) is 0 Å². The summed E-state index contributed by atoms with van der Waals surface area (Å²) in [7, 11) is 0. The van der Waals surface area contributed by atoms with E-state index in [1.807, 2.05) is 0 Å². The molecule has 0 aliphatic heterocycles. The van der Waals surface area contributed by atoms with Gasteiger partial charge in [-0.3, -0.25) is 4.79 Å². The van der Waals surface area contributed by atoms with Gasteiger partial charge in [0.2, 0.25) is 0 Å². The summed E-state index contributed by atoms with van der Waals surface area (Å²) in [6, 6.07) is 11.0. The zero-order valence-electron chi connectivity index (χ0n) is 8.78. The van der Waals surface area contributed by atoms with Crippen LogP contribution < -0.4 is 5.73 Å². The highest BCUT2D eigenvalue weighted by atomic mass is 79.9. The number of carbonyl (C=O) groups is 1. The lowest BCUT2D eigenvalue weighted by Gasteiger charge is -2.05. The summed E-state index contributed by atoms with van der Waals surface area (Å²) in [5, 5.41) is 0. The molecule has 2 N–H and O–H groups in total. The summed E-state index contributed by atoms with van der Waals surface area (Å²) < 4.78 is 14.1. The molecule has 0 unspecified atom stereocenters. The molecule has 2 aromatic carbocycles. The highest BCUT2D eigenvalue weighted by Gasteiger charge is 2.14. The first-order valence-electron chi connectivity index (χ1n) is 4.94. The fraction of sp³-hybridized carbons (Fsp3) is 0. The van der Waals surface area contributed by atoms with Crippen LogP contribution in [0.15, 0.2) is 46.9 Å². The summed E-state index contributed by atoms with van der Waals surface area (Å²) in [5.41, 5.74) is 6.10. The van der Waals surface area contributed by atoms with Crippen LogP contribution in [-0.4, -0.2) is 5.78 Å². The smallest absolute Gasteiger partial charge is 0.195 e. The van der Waals surface area contributed by atoms with Gasteiger partial charge >= 0.3 is 0 Å².